The number of hydrogen-bond acceptors (Lipinski definition) is 3. The molecule has 17 heavy (non-hydrogen) atoms. The van der Waals surface area contributed by atoms with Gasteiger partial charge in [-0.15, -0.1) is 11.3 Å². The molecule has 1 aromatic heterocycles. The van der Waals surface area contributed by atoms with Crippen LogP contribution in [-0.4, -0.2) is 4.98 Å². The zero-order valence-electron chi connectivity index (χ0n) is 9.90. The van der Waals surface area contributed by atoms with Crippen LogP contribution in [0.25, 0.3) is 0 Å². The van der Waals surface area contributed by atoms with Crippen LogP contribution >= 0.6 is 22.9 Å². The van der Waals surface area contributed by atoms with E-state index in [0.29, 0.717) is 0 Å². The average Bonchev–Trinajstić information content (AvgIpc) is 2.73. The van der Waals surface area contributed by atoms with Gasteiger partial charge in [0.2, 0.25) is 0 Å². The lowest BCUT2D eigenvalue weighted by Crippen LogP contribution is -2.18. The largest absolute Gasteiger partial charge is 0.305 e. The molecule has 2 rings (SSSR count). The maximum atomic E-state index is 5.94. The van der Waals surface area contributed by atoms with Gasteiger partial charge in [-0.2, -0.15) is 0 Å². The Morgan fingerprint density at radius 2 is 2.29 bits per heavy atom. The van der Waals surface area contributed by atoms with Crippen LogP contribution < -0.4 is 5.32 Å². The Balaban J connectivity index is 1.94. The standard InChI is InChI=1S/C13H15ClN2S/c1-9(13-8-17-10(2)16-13)15-7-11-4-3-5-12(14)6-11/h3-6,8-9,15H,7H2,1-2H3. The third kappa shape index (κ3) is 3.53. The lowest BCUT2D eigenvalue weighted by molar-refractivity contribution is 0.563. The molecule has 0 amide bonds. The maximum absolute atomic E-state index is 5.94. The predicted octanol–water partition coefficient (Wildman–Crippen LogP) is 3.96. The van der Waals surface area contributed by atoms with Crippen molar-refractivity contribution in [3.8, 4) is 0 Å². The van der Waals surface area contributed by atoms with Crippen LogP contribution in [0.3, 0.4) is 0 Å². The molecule has 0 aliphatic carbocycles. The third-order valence-electron chi connectivity index (χ3n) is 2.58. The van der Waals surface area contributed by atoms with Crippen molar-refractivity contribution in [3.63, 3.8) is 0 Å². The summed E-state index contributed by atoms with van der Waals surface area (Å²) in [5.74, 6) is 0. The van der Waals surface area contributed by atoms with Gasteiger partial charge in [-0.25, -0.2) is 4.98 Å². The summed E-state index contributed by atoms with van der Waals surface area (Å²) in [6.07, 6.45) is 0. The van der Waals surface area contributed by atoms with Crippen molar-refractivity contribution in [1.82, 2.24) is 10.3 Å². The van der Waals surface area contributed by atoms with Gasteiger partial charge >= 0.3 is 0 Å². The van der Waals surface area contributed by atoms with E-state index in [1.807, 2.05) is 25.1 Å². The monoisotopic (exact) mass is 266 g/mol. The second kappa shape index (κ2) is 5.63. The van der Waals surface area contributed by atoms with Gasteiger partial charge in [0.15, 0.2) is 0 Å². The first-order valence-electron chi connectivity index (χ1n) is 5.55. The predicted molar refractivity (Wildman–Crippen MR) is 73.6 cm³/mol. The fraction of sp³-hybridized carbons (Fsp3) is 0.308. The first-order chi connectivity index (χ1) is 8.15. The van der Waals surface area contributed by atoms with Crippen molar-refractivity contribution in [1.29, 1.82) is 0 Å². The minimum atomic E-state index is 0.263. The van der Waals surface area contributed by atoms with E-state index in [-0.39, 0.29) is 6.04 Å². The third-order valence-corrected chi connectivity index (χ3v) is 3.61. The highest BCUT2D eigenvalue weighted by atomic mass is 35.5. The summed E-state index contributed by atoms with van der Waals surface area (Å²) in [5.41, 5.74) is 2.30. The number of nitrogens with one attached hydrogen (secondary N) is 1. The number of thiazole rings is 1. The summed E-state index contributed by atoms with van der Waals surface area (Å²) in [6, 6.07) is 8.17. The normalized spacial score (nSPS) is 12.6. The van der Waals surface area contributed by atoms with Crippen LogP contribution in [0.2, 0.25) is 5.02 Å². The lowest BCUT2D eigenvalue weighted by Gasteiger charge is -2.11. The van der Waals surface area contributed by atoms with Crippen molar-refractivity contribution in [2.45, 2.75) is 26.4 Å². The quantitative estimate of drug-likeness (QED) is 0.906. The first kappa shape index (κ1) is 12.6. The van der Waals surface area contributed by atoms with E-state index in [9.17, 15) is 0 Å². The summed E-state index contributed by atoms with van der Waals surface area (Å²) < 4.78 is 0. The maximum Gasteiger partial charge on any atom is 0.0898 e. The molecule has 1 unspecified atom stereocenters. The fourth-order valence-corrected chi connectivity index (χ4v) is 2.52. The molecule has 0 aliphatic heterocycles. The molecule has 0 bridgehead atoms. The van der Waals surface area contributed by atoms with Gasteiger partial charge in [-0.1, -0.05) is 23.7 Å². The fourth-order valence-electron chi connectivity index (χ4n) is 1.60. The SMILES string of the molecule is Cc1nc(C(C)NCc2cccc(Cl)c2)cs1. The summed E-state index contributed by atoms with van der Waals surface area (Å²) in [7, 11) is 0. The number of halogens is 1. The number of aromatic nitrogens is 1. The van der Waals surface area contributed by atoms with Gasteiger partial charge in [0.05, 0.1) is 10.7 Å². The average molecular weight is 267 g/mol. The number of nitrogens with zero attached hydrogens (tertiary/aromatic N) is 1. The van der Waals surface area contributed by atoms with E-state index in [4.69, 9.17) is 11.6 Å². The van der Waals surface area contributed by atoms with Crippen LogP contribution in [0.5, 0.6) is 0 Å². The summed E-state index contributed by atoms with van der Waals surface area (Å²) in [5, 5.41) is 7.43. The summed E-state index contributed by atoms with van der Waals surface area (Å²) >= 11 is 7.63. The van der Waals surface area contributed by atoms with Crippen molar-refractivity contribution in [2.24, 2.45) is 0 Å². The summed E-state index contributed by atoms with van der Waals surface area (Å²) in [4.78, 5) is 4.47. The number of hydrogen-bond donors (Lipinski definition) is 1. The van der Waals surface area contributed by atoms with E-state index >= 15 is 0 Å². The molecule has 0 radical (unpaired) electrons. The molecule has 0 spiro atoms. The molecular weight excluding hydrogens is 252 g/mol. The van der Waals surface area contributed by atoms with Crippen molar-refractivity contribution in [2.75, 3.05) is 0 Å². The Bertz CT molecular complexity index is 496. The van der Waals surface area contributed by atoms with Crippen molar-refractivity contribution >= 4 is 22.9 Å². The molecule has 1 aromatic carbocycles. The van der Waals surface area contributed by atoms with Gasteiger partial charge < -0.3 is 5.32 Å². The number of rotatable bonds is 4. The van der Waals surface area contributed by atoms with Gasteiger partial charge in [0.25, 0.3) is 0 Å². The second-order valence-electron chi connectivity index (χ2n) is 4.02. The van der Waals surface area contributed by atoms with E-state index in [0.717, 1.165) is 22.3 Å². The topological polar surface area (TPSA) is 24.9 Å². The number of aryl methyl sites for hydroxylation is 1. The van der Waals surface area contributed by atoms with Gasteiger partial charge in [0, 0.05) is 23.0 Å². The molecule has 1 atom stereocenters. The van der Waals surface area contributed by atoms with Gasteiger partial charge in [-0.3, -0.25) is 0 Å². The van der Waals surface area contributed by atoms with Crippen LogP contribution in [0, 0.1) is 6.92 Å². The van der Waals surface area contributed by atoms with Crippen LogP contribution in [0.15, 0.2) is 29.6 Å². The minimum Gasteiger partial charge on any atom is -0.305 e. The van der Waals surface area contributed by atoms with Gasteiger partial charge in [-0.05, 0) is 31.5 Å². The molecule has 2 nitrogen and oxygen atoms in total. The Hall–Kier alpha value is -0.900. The molecule has 0 fully saturated rings. The molecule has 90 valence electrons. The minimum absolute atomic E-state index is 0.263. The summed E-state index contributed by atoms with van der Waals surface area (Å²) in [6.45, 7) is 4.95. The van der Waals surface area contributed by atoms with Crippen LogP contribution in [-0.2, 0) is 6.54 Å². The molecule has 0 aliphatic rings. The highest BCUT2D eigenvalue weighted by Gasteiger charge is 2.07. The smallest absolute Gasteiger partial charge is 0.0898 e. The Kier molecular flexibility index (Phi) is 4.15. The molecule has 1 heterocycles. The van der Waals surface area contributed by atoms with Crippen molar-refractivity contribution < 1.29 is 0 Å². The highest BCUT2D eigenvalue weighted by Crippen LogP contribution is 2.17. The Labute approximate surface area is 111 Å². The van der Waals surface area contributed by atoms with Crippen molar-refractivity contribution in [3.05, 3.63) is 50.9 Å². The van der Waals surface area contributed by atoms with E-state index < -0.39 is 0 Å². The molecular formula is C13H15ClN2S. The molecule has 0 saturated carbocycles. The zero-order chi connectivity index (χ0) is 12.3. The molecule has 0 saturated heterocycles. The Morgan fingerprint density at radius 1 is 1.47 bits per heavy atom. The molecule has 4 heteroatoms. The van der Waals surface area contributed by atoms with E-state index in [1.165, 1.54) is 5.56 Å². The van der Waals surface area contributed by atoms with E-state index in [1.54, 1.807) is 11.3 Å². The first-order valence-corrected chi connectivity index (χ1v) is 6.81. The van der Waals surface area contributed by atoms with Crippen LogP contribution in [0.1, 0.15) is 29.2 Å². The molecule has 1 N–H and O–H groups in total. The second-order valence-corrected chi connectivity index (χ2v) is 5.52. The van der Waals surface area contributed by atoms with Gasteiger partial charge in [0.1, 0.15) is 0 Å². The highest BCUT2D eigenvalue weighted by molar-refractivity contribution is 7.09. The Morgan fingerprint density at radius 3 is 2.94 bits per heavy atom. The zero-order valence-corrected chi connectivity index (χ0v) is 11.5. The lowest BCUT2D eigenvalue weighted by atomic mass is 10.2. The van der Waals surface area contributed by atoms with Crippen LogP contribution in [0.4, 0.5) is 0 Å². The number of benzene rings is 1. The van der Waals surface area contributed by atoms with E-state index in [2.05, 4.69) is 28.7 Å². The molecule has 2 aromatic rings.